The molecule has 0 saturated carbocycles. The highest BCUT2D eigenvalue weighted by molar-refractivity contribution is 5.95. The van der Waals surface area contributed by atoms with Crippen molar-refractivity contribution in [2.75, 3.05) is 39.1 Å². The summed E-state index contributed by atoms with van der Waals surface area (Å²) in [6.07, 6.45) is 3.18. The lowest BCUT2D eigenvalue weighted by atomic mass is 10.1. The van der Waals surface area contributed by atoms with E-state index < -0.39 is 0 Å². The van der Waals surface area contributed by atoms with Crippen LogP contribution in [0.2, 0.25) is 0 Å². The Labute approximate surface area is 136 Å². The summed E-state index contributed by atoms with van der Waals surface area (Å²) in [5.41, 5.74) is 6.91. The molecule has 0 spiro atoms. The minimum atomic E-state index is -0.0675. The molecule has 2 fully saturated rings. The van der Waals surface area contributed by atoms with Gasteiger partial charge in [-0.2, -0.15) is 0 Å². The molecule has 1 aromatic carbocycles. The number of amides is 1. The molecule has 0 radical (unpaired) electrons. The maximum atomic E-state index is 12.4. The predicted molar refractivity (Wildman–Crippen MR) is 88.7 cm³/mol. The fourth-order valence-corrected chi connectivity index (χ4v) is 3.41. The third-order valence-electron chi connectivity index (χ3n) is 4.76. The van der Waals surface area contributed by atoms with E-state index in [1.54, 1.807) is 25.3 Å². The smallest absolute Gasteiger partial charge is 0.251 e. The average Bonchev–Trinajstić information content (AvgIpc) is 3.04. The van der Waals surface area contributed by atoms with Crippen molar-refractivity contribution in [2.45, 2.75) is 31.3 Å². The van der Waals surface area contributed by atoms with Crippen LogP contribution in [-0.4, -0.2) is 56.3 Å². The van der Waals surface area contributed by atoms with E-state index in [-0.39, 0.29) is 11.9 Å². The molecule has 1 aromatic rings. The number of nitrogens with zero attached hydrogens (tertiary/aromatic N) is 1. The third kappa shape index (κ3) is 3.76. The van der Waals surface area contributed by atoms with Gasteiger partial charge in [-0.05, 0) is 37.5 Å². The van der Waals surface area contributed by atoms with Gasteiger partial charge in [0.1, 0.15) is 5.75 Å². The molecule has 23 heavy (non-hydrogen) atoms. The Bertz CT molecular complexity index is 558. The van der Waals surface area contributed by atoms with E-state index in [4.69, 9.17) is 15.2 Å². The number of rotatable bonds is 4. The summed E-state index contributed by atoms with van der Waals surface area (Å²) in [6.45, 7) is 3.66. The SMILES string of the molecule is COc1cc(C(=O)N[C@@H]2CCN(C3CCOCC3)C2)ccc1N. The number of carbonyl (C=O) groups excluding carboxylic acids is 1. The number of nitrogens with one attached hydrogen (secondary N) is 1. The maximum absolute atomic E-state index is 12.4. The predicted octanol–water partition coefficient (Wildman–Crippen LogP) is 1.26. The zero-order valence-electron chi connectivity index (χ0n) is 13.6. The van der Waals surface area contributed by atoms with Crippen LogP contribution in [0.1, 0.15) is 29.6 Å². The first-order chi connectivity index (χ1) is 11.2. The molecule has 0 bridgehead atoms. The summed E-state index contributed by atoms with van der Waals surface area (Å²) in [5, 5.41) is 3.13. The standard InChI is InChI=1S/C17H25N3O3/c1-22-16-10-12(2-3-15(16)18)17(21)19-13-4-7-20(11-13)14-5-8-23-9-6-14/h2-3,10,13-14H,4-9,11,18H2,1H3,(H,19,21)/t13-/m1/s1. The molecule has 3 N–H and O–H groups in total. The summed E-state index contributed by atoms with van der Waals surface area (Å²) in [5.74, 6) is 0.468. The van der Waals surface area contributed by atoms with E-state index in [1.807, 2.05) is 0 Å². The van der Waals surface area contributed by atoms with Gasteiger partial charge in [0.2, 0.25) is 0 Å². The minimum Gasteiger partial charge on any atom is -0.495 e. The van der Waals surface area contributed by atoms with Crippen molar-refractivity contribution >= 4 is 11.6 Å². The summed E-state index contributed by atoms with van der Waals surface area (Å²) >= 11 is 0. The topological polar surface area (TPSA) is 76.8 Å². The van der Waals surface area contributed by atoms with Gasteiger partial charge in [-0.25, -0.2) is 0 Å². The number of benzene rings is 1. The van der Waals surface area contributed by atoms with Crippen LogP contribution in [0.5, 0.6) is 5.75 Å². The number of hydrogen-bond acceptors (Lipinski definition) is 5. The molecular weight excluding hydrogens is 294 g/mol. The van der Waals surface area contributed by atoms with E-state index >= 15 is 0 Å². The summed E-state index contributed by atoms with van der Waals surface area (Å²) < 4.78 is 10.6. The Kier molecular flexibility index (Phi) is 5.03. The first-order valence-corrected chi connectivity index (χ1v) is 8.23. The van der Waals surface area contributed by atoms with Gasteiger partial charge in [0.25, 0.3) is 5.91 Å². The zero-order chi connectivity index (χ0) is 16.2. The Morgan fingerprint density at radius 1 is 1.35 bits per heavy atom. The molecule has 1 amide bonds. The number of methoxy groups -OCH3 is 1. The number of nitrogens with two attached hydrogens (primary N) is 1. The number of hydrogen-bond donors (Lipinski definition) is 2. The molecular formula is C17H25N3O3. The van der Waals surface area contributed by atoms with Gasteiger partial charge in [-0.15, -0.1) is 0 Å². The molecule has 3 rings (SSSR count). The first kappa shape index (κ1) is 16.1. The van der Waals surface area contributed by atoms with Gasteiger partial charge in [-0.1, -0.05) is 0 Å². The summed E-state index contributed by atoms with van der Waals surface area (Å²) in [6, 6.07) is 5.93. The van der Waals surface area contributed by atoms with Crippen LogP contribution < -0.4 is 15.8 Å². The van der Waals surface area contributed by atoms with Crippen molar-refractivity contribution in [3.8, 4) is 5.75 Å². The molecule has 2 aliphatic rings. The molecule has 0 aromatic heterocycles. The Morgan fingerprint density at radius 2 is 2.13 bits per heavy atom. The van der Waals surface area contributed by atoms with Gasteiger partial charge in [0.15, 0.2) is 0 Å². The highest BCUT2D eigenvalue weighted by atomic mass is 16.5. The highest BCUT2D eigenvalue weighted by Crippen LogP contribution is 2.23. The maximum Gasteiger partial charge on any atom is 0.251 e. The van der Waals surface area contributed by atoms with Crippen LogP contribution >= 0.6 is 0 Å². The van der Waals surface area contributed by atoms with Crippen molar-refractivity contribution in [3.05, 3.63) is 23.8 Å². The number of nitrogen functional groups attached to an aromatic ring is 1. The lowest BCUT2D eigenvalue weighted by molar-refractivity contribution is 0.0415. The number of ether oxygens (including phenoxy) is 2. The Morgan fingerprint density at radius 3 is 2.87 bits per heavy atom. The van der Waals surface area contributed by atoms with E-state index in [0.29, 0.717) is 23.0 Å². The molecule has 6 nitrogen and oxygen atoms in total. The van der Waals surface area contributed by atoms with E-state index in [0.717, 1.165) is 45.6 Å². The van der Waals surface area contributed by atoms with E-state index in [2.05, 4.69) is 10.2 Å². The van der Waals surface area contributed by atoms with Crippen LogP contribution in [0.3, 0.4) is 0 Å². The quantitative estimate of drug-likeness (QED) is 0.817. The van der Waals surface area contributed by atoms with Crippen LogP contribution in [0, 0.1) is 0 Å². The Hall–Kier alpha value is -1.79. The summed E-state index contributed by atoms with van der Waals surface area (Å²) in [4.78, 5) is 14.9. The molecule has 0 unspecified atom stereocenters. The zero-order valence-corrected chi connectivity index (χ0v) is 13.6. The first-order valence-electron chi connectivity index (χ1n) is 8.23. The fourth-order valence-electron chi connectivity index (χ4n) is 3.41. The molecule has 2 aliphatic heterocycles. The van der Waals surface area contributed by atoms with Gasteiger partial charge < -0.3 is 20.5 Å². The third-order valence-corrected chi connectivity index (χ3v) is 4.76. The average molecular weight is 319 g/mol. The Balaban J connectivity index is 1.56. The molecule has 1 atom stereocenters. The number of carbonyl (C=O) groups is 1. The largest absolute Gasteiger partial charge is 0.495 e. The number of anilines is 1. The van der Waals surface area contributed by atoms with Gasteiger partial charge in [0, 0.05) is 44.0 Å². The van der Waals surface area contributed by atoms with Gasteiger partial charge >= 0.3 is 0 Å². The fraction of sp³-hybridized carbons (Fsp3) is 0.588. The summed E-state index contributed by atoms with van der Waals surface area (Å²) in [7, 11) is 1.55. The van der Waals surface area contributed by atoms with Crippen molar-refractivity contribution in [3.63, 3.8) is 0 Å². The molecule has 6 heteroatoms. The molecule has 126 valence electrons. The van der Waals surface area contributed by atoms with Crippen molar-refractivity contribution < 1.29 is 14.3 Å². The van der Waals surface area contributed by atoms with Crippen molar-refractivity contribution in [1.29, 1.82) is 0 Å². The second-order valence-electron chi connectivity index (χ2n) is 6.25. The molecule has 2 heterocycles. The van der Waals surface area contributed by atoms with Crippen LogP contribution in [-0.2, 0) is 4.74 Å². The van der Waals surface area contributed by atoms with E-state index in [1.165, 1.54) is 0 Å². The highest BCUT2D eigenvalue weighted by Gasteiger charge is 2.30. The van der Waals surface area contributed by atoms with Gasteiger partial charge in [0.05, 0.1) is 12.8 Å². The molecule has 0 aliphatic carbocycles. The lowest BCUT2D eigenvalue weighted by Gasteiger charge is -2.31. The second-order valence-corrected chi connectivity index (χ2v) is 6.25. The second kappa shape index (κ2) is 7.19. The number of likely N-dealkylation sites (tertiary alicyclic amines) is 1. The lowest BCUT2D eigenvalue weighted by Crippen LogP contribution is -2.41. The van der Waals surface area contributed by atoms with Crippen LogP contribution in [0.25, 0.3) is 0 Å². The van der Waals surface area contributed by atoms with Gasteiger partial charge in [-0.3, -0.25) is 9.69 Å². The van der Waals surface area contributed by atoms with Crippen LogP contribution in [0.4, 0.5) is 5.69 Å². The van der Waals surface area contributed by atoms with Crippen molar-refractivity contribution in [2.24, 2.45) is 0 Å². The van der Waals surface area contributed by atoms with Crippen LogP contribution in [0.15, 0.2) is 18.2 Å². The normalized spacial score (nSPS) is 22.9. The minimum absolute atomic E-state index is 0.0675. The van der Waals surface area contributed by atoms with Crippen molar-refractivity contribution in [1.82, 2.24) is 10.2 Å². The van der Waals surface area contributed by atoms with E-state index in [9.17, 15) is 4.79 Å². The monoisotopic (exact) mass is 319 g/mol. The molecule has 2 saturated heterocycles.